The lowest BCUT2D eigenvalue weighted by atomic mass is 9.96. The zero-order chi connectivity index (χ0) is 36.3. The molecule has 0 aliphatic carbocycles. The third kappa shape index (κ3) is 5.19. The molecule has 0 spiro atoms. The van der Waals surface area contributed by atoms with E-state index in [4.69, 9.17) is 9.40 Å². The molecule has 11 rings (SSSR count). The number of oxazole rings is 1. The molecule has 0 bridgehead atoms. The van der Waals surface area contributed by atoms with Crippen LogP contribution in [0, 0.1) is 0 Å². The van der Waals surface area contributed by atoms with Gasteiger partial charge in [0.15, 0.2) is 5.58 Å². The molecule has 0 unspecified atom stereocenters. The average Bonchev–Trinajstić information content (AvgIpc) is 3.84. The van der Waals surface area contributed by atoms with E-state index in [-0.39, 0.29) is 0 Å². The van der Waals surface area contributed by atoms with Crippen LogP contribution in [0.2, 0.25) is 0 Å². The maximum absolute atomic E-state index is 6.47. The van der Waals surface area contributed by atoms with Crippen molar-refractivity contribution in [2.45, 2.75) is 0 Å². The molecule has 0 amide bonds. The second-order valence-corrected chi connectivity index (χ2v) is 14.0. The molecule has 0 N–H and O–H groups in total. The number of benzene rings is 9. The standard InChI is InChI=1S/C51H33N3O/c1-4-13-35(14-5-1)51-52-46-30-26-34-23-24-38-31-37(25-28-43(38)49(34)50(46)55-51)36-15-12-20-41(32-36)53(39-16-6-2-7-17-39)42-27-29-45-44-21-10-11-22-47(44)54(48(45)33-42)40-18-8-3-9-19-40/h1-33H. The summed E-state index contributed by atoms with van der Waals surface area (Å²) in [5.41, 5.74) is 11.7. The molecule has 0 saturated carbocycles. The molecule has 9 aromatic carbocycles. The fraction of sp³-hybridized carbons (Fsp3) is 0. The van der Waals surface area contributed by atoms with Crippen molar-refractivity contribution < 1.29 is 4.42 Å². The first-order valence-electron chi connectivity index (χ1n) is 18.6. The van der Waals surface area contributed by atoms with Crippen LogP contribution in [0.25, 0.3) is 82.7 Å². The number of aromatic nitrogens is 2. The van der Waals surface area contributed by atoms with Gasteiger partial charge in [-0.05, 0) is 106 Å². The molecule has 2 aromatic heterocycles. The Morgan fingerprint density at radius 3 is 1.91 bits per heavy atom. The predicted molar refractivity (Wildman–Crippen MR) is 229 cm³/mol. The summed E-state index contributed by atoms with van der Waals surface area (Å²) >= 11 is 0. The van der Waals surface area contributed by atoms with Gasteiger partial charge < -0.3 is 13.9 Å². The van der Waals surface area contributed by atoms with Gasteiger partial charge in [0.25, 0.3) is 0 Å². The zero-order valence-electron chi connectivity index (χ0n) is 29.8. The first-order valence-corrected chi connectivity index (χ1v) is 18.6. The van der Waals surface area contributed by atoms with Gasteiger partial charge in [0.1, 0.15) is 5.52 Å². The molecule has 0 radical (unpaired) electrons. The highest BCUT2D eigenvalue weighted by Gasteiger charge is 2.19. The van der Waals surface area contributed by atoms with Crippen molar-refractivity contribution in [3.8, 4) is 28.3 Å². The lowest BCUT2D eigenvalue weighted by Gasteiger charge is -2.26. The van der Waals surface area contributed by atoms with E-state index >= 15 is 0 Å². The number of anilines is 3. The summed E-state index contributed by atoms with van der Waals surface area (Å²) in [6.45, 7) is 0. The Bertz CT molecular complexity index is 3200. The smallest absolute Gasteiger partial charge is 0.227 e. The number of rotatable bonds is 6. The summed E-state index contributed by atoms with van der Waals surface area (Å²) in [4.78, 5) is 7.21. The van der Waals surface area contributed by atoms with E-state index < -0.39 is 0 Å². The minimum Gasteiger partial charge on any atom is -0.435 e. The molecule has 4 nitrogen and oxygen atoms in total. The number of nitrogens with zero attached hydrogens (tertiary/aromatic N) is 3. The number of hydrogen-bond acceptors (Lipinski definition) is 3. The van der Waals surface area contributed by atoms with Crippen molar-refractivity contribution in [1.82, 2.24) is 9.55 Å². The lowest BCUT2D eigenvalue weighted by Crippen LogP contribution is -2.10. The van der Waals surface area contributed by atoms with Gasteiger partial charge in [-0.3, -0.25) is 0 Å². The van der Waals surface area contributed by atoms with Crippen molar-refractivity contribution in [3.63, 3.8) is 0 Å². The maximum Gasteiger partial charge on any atom is 0.227 e. The Kier molecular flexibility index (Phi) is 7.14. The largest absolute Gasteiger partial charge is 0.435 e. The van der Waals surface area contributed by atoms with Crippen molar-refractivity contribution in [2.75, 3.05) is 4.90 Å². The molecule has 0 aliphatic rings. The highest BCUT2D eigenvalue weighted by Crippen LogP contribution is 2.41. The fourth-order valence-corrected chi connectivity index (χ4v) is 8.22. The van der Waals surface area contributed by atoms with E-state index in [2.05, 4.69) is 179 Å². The summed E-state index contributed by atoms with van der Waals surface area (Å²) in [6, 6.07) is 71.1. The van der Waals surface area contributed by atoms with Gasteiger partial charge in [-0.1, -0.05) is 121 Å². The average molecular weight is 704 g/mol. The van der Waals surface area contributed by atoms with E-state index in [1.807, 2.05) is 30.3 Å². The lowest BCUT2D eigenvalue weighted by molar-refractivity contribution is 0.623. The predicted octanol–water partition coefficient (Wildman–Crippen LogP) is 14.0. The van der Waals surface area contributed by atoms with E-state index in [1.165, 1.54) is 21.8 Å². The Hall–Kier alpha value is -7.43. The van der Waals surface area contributed by atoms with Gasteiger partial charge in [-0.25, -0.2) is 4.98 Å². The summed E-state index contributed by atoms with van der Waals surface area (Å²) < 4.78 is 8.85. The highest BCUT2D eigenvalue weighted by molar-refractivity contribution is 6.18. The molecule has 4 heteroatoms. The zero-order valence-corrected chi connectivity index (χ0v) is 29.8. The van der Waals surface area contributed by atoms with Crippen molar-refractivity contribution in [2.24, 2.45) is 0 Å². The molecule has 0 atom stereocenters. The molecule has 11 aromatic rings. The van der Waals surface area contributed by atoms with Gasteiger partial charge in [-0.15, -0.1) is 0 Å². The number of hydrogen-bond donors (Lipinski definition) is 0. The van der Waals surface area contributed by atoms with Crippen LogP contribution in [0.4, 0.5) is 17.1 Å². The van der Waals surface area contributed by atoms with Gasteiger partial charge in [0, 0.05) is 44.5 Å². The Morgan fingerprint density at radius 1 is 0.418 bits per heavy atom. The van der Waals surface area contributed by atoms with Gasteiger partial charge in [-0.2, -0.15) is 0 Å². The van der Waals surface area contributed by atoms with Crippen molar-refractivity contribution in [1.29, 1.82) is 0 Å². The van der Waals surface area contributed by atoms with Gasteiger partial charge in [0.05, 0.1) is 11.0 Å². The van der Waals surface area contributed by atoms with E-state index in [0.717, 1.165) is 72.1 Å². The van der Waals surface area contributed by atoms with Crippen LogP contribution < -0.4 is 4.90 Å². The summed E-state index contributed by atoms with van der Waals surface area (Å²) in [5.74, 6) is 0.636. The topological polar surface area (TPSA) is 34.2 Å². The van der Waals surface area contributed by atoms with E-state index in [0.29, 0.717) is 5.89 Å². The summed E-state index contributed by atoms with van der Waals surface area (Å²) in [6.07, 6.45) is 0. The minimum atomic E-state index is 0.636. The van der Waals surface area contributed by atoms with Crippen molar-refractivity contribution >= 4 is 71.5 Å². The molecular formula is C51H33N3O. The second-order valence-electron chi connectivity index (χ2n) is 14.0. The van der Waals surface area contributed by atoms with Crippen LogP contribution in [-0.4, -0.2) is 9.55 Å². The first-order chi connectivity index (χ1) is 27.3. The summed E-state index contributed by atoms with van der Waals surface area (Å²) in [5, 5.41) is 6.99. The molecule has 0 fully saturated rings. The molecule has 2 heterocycles. The number of fused-ring (bicyclic) bond motifs is 8. The first kappa shape index (κ1) is 31.1. The van der Waals surface area contributed by atoms with Gasteiger partial charge in [0.2, 0.25) is 5.89 Å². The van der Waals surface area contributed by atoms with Crippen LogP contribution in [0.15, 0.2) is 205 Å². The van der Waals surface area contributed by atoms with Gasteiger partial charge >= 0.3 is 0 Å². The Morgan fingerprint density at radius 2 is 1.05 bits per heavy atom. The molecule has 0 aliphatic heterocycles. The molecule has 258 valence electrons. The maximum atomic E-state index is 6.47. The van der Waals surface area contributed by atoms with E-state index in [9.17, 15) is 0 Å². The molecule has 0 saturated heterocycles. The summed E-state index contributed by atoms with van der Waals surface area (Å²) in [7, 11) is 0. The SMILES string of the molecule is c1ccc(-c2nc3ccc4ccc5cc(-c6cccc(N(c7ccccc7)c7ccc8c9ccccc9n(-c9ccccc9)c8c7)c6)ccc5c4c3o2)cc1. The second kappa shape index (κ2) is 12.6. The molecular weight excluding hydrogens is 671 g/mol. The fourth-order valence-electron chi connectivity index (χ4n) is 8.22. The quantitative estimate of drug-likeness (QED) is 0.162. The van der Waals surface area contributed by atoms with Crippen molar-refractivity contribution in [3.05, 3.63) is 200 Å². The monoisotopic (exact) mass is 703 g/mol. The third-order valence-electron chi connectivity index (χ3n) is 10.8. The molecule has 55 heavy (non-hydrogen) atoms. The minimum absolute atomic E-state index is 0.636. The third-order valence-corrected chi connectivity index (χ3v) is 10.8. The Labute approximate surface area is 317 Å². The van der Waals surface area contributed by atoms with Crippen LogP contribution in [0.1, 0.15) is 0 Å². The van der Waals surface area contributed by atoms with Crippen LogP contribution in [-0.2, 0) is 0 Å². The number of para-hydroxylation sites is 3. The van der Waals surface area contributed by atoms with Crippen LogP contribution in [0.3, 0.4) is 0 Å². The van der Waals surface area contributed by atoms with E-state index in [1.54, 1.807) is 0 Å². The highest BCUT2D eigenvalue weighted by atomic mass is 16.3. The Balaban J connectivity index is 1.04. The normalized spacial score (nSPS) is 11.6. The van der Waals surface area contributed by atoms with Crippen LogP contribution >= 0.6 is 0 Å². The van der Waals surface area contributed by atoms with Crippen LogP contribution in [0.5, 0.6) is 0 Å².